The predicted molar refractivity (Wildman–Crippen MR) is 72.1 cm³/mol. The van der Waals surface area contributed by atoms with Crippen LogP contribution in [-0.2, 0) is 0 Å². The standard InChI is InChI=1S/C12H19N3OS/c1-8-3-4-14-12(13)10(8)11(16)9-7-17-6-5-15(9)2/h3-4,9,11,16H,5-7H2,1-2H3,(H2,13,14). The first-order valence-electron chi connectivity index (χ1n) is 5.78. The Hall–Kier alpha value is -0.780. The summed E-state index contributed by atoms with van der Waals surface area (Å²) in [5.74, 6) is 2.51. The van der Waals surface area contributed by atoms with Crippen molar-refractivity contribution in [2.75, 3.05) is 30.8 Å². The number of hydrogen-bond donors (Lipinski definition) is 2. The second-order valence-corrected chi connectivity index (χ2v) is 5.64. The molecule has 0 aliphatic carbocycles. The molecule has 0 amide bonds. The van der Waals surface area contributed by atoms with Crippen LogP contribution in [0.15, 0.2) is 12.3 Å². The lowest BCUT2D eigenvalue weighted by Crippen LogP contribution is -2.43. The third kappa shape index (κ3) is 2.56. The molecule has 2 unspecified atom stereocenters. The van der Waals surface area contributed by atoms with Crippen LogP contribution >= 0.6 is 11.8 Å². The predicted octanol–water partition coefficient (Wildman–Crippen LogP) is 1.05. The third-order valence-corrected chi connectivity index (χ3v) is 4.39. The zero-order valence-electron chi connectivity index (χ0n) is 10.3. The molecule has 2 atom stereocenters. The first-order chi connectivity index (χ1) is 8.11. The van der Waals surface area contributed by atoms with Gasteiger partial charge in [0.1, 0.15) is 5.82 Å². The van der Waals surface area contributed by atoms with Crippen molar-refractivity contribution < 1.29 is 5.11 Å². The smallest absolute Gasteiger partial charge is 0.129 e. The van der Waals surface area contributed by atoms with Gasteiger partial charge in [0.05, 0.1) is 6.10 Å². The second-order valence-electron chi connectivity index (χ2n) is 4.49. The van der Waals surface area contributed by atoms with E-state index in [9.17, 15) is 5.11 Å². The maximum Gasteiger partial charge on any atom is 0.129 e. The van der Waals surface area contributed by atoms with E-state index in [1.54, 1.807) is 6.20 Å². The van der Waals surface area contributed by atoms with Crippen LogP contribution in [-0.4, -0.2) is 46.1 Å². The van der Waals surface area contributed by atoms with Crippen LogP contribution in [0, 0.1) is 6.92 Å². The topological polar surface area (TPSA) is 62.4 Å². The highest BCUT2D eigenvalue weighted by atomic mass is 32.2. The molecule has 0 radical (unpaired) electrons. The van der Waals surface area contributed by atoms with Crippen LogP contribution in [0.25, 0.3) is 0 Å². The molecule has 1 aromatic heterocycles. The van der Waals surface area contributed by atoms with Crippen LogP contribution in [0.5, 0.6) is 0 Å². The monoisotopic (exact) mass is 253 g/mol. The molecule has 2 heterocycles. The summed E-state index contributed by atoms with van der Waals surface area (Å²) in [4.78, 5) is 6.27. The zero-order chi connectivity index (χ0) is 12.4. The Kier molecular flexibility index (Phi) is 3.91. The molecular weight excluding hydrogens is 234 g/mol. The number of anilines is 1. The van der Waals surface area contributed by atoms with Gasteiger partial charge >= 0.3 is 0 Å². The van der Waals surface area contributed by atoms with Crippen molar-refractivity contribution >= 4 is 17.6 Å². The largest absolute Gasteiger partial charge is 0.387 e. The summed E-state index contributed by atoms with van der Waals surface area (Å²) in [5.41, 5.74) is 7.67. The van der Waals surface area contributed by atoms with Gasteiger partial charge in [0, 0.05) is 35.9 Å². The van der Waals surface area contributed by atoms with Crippen molar-refractivity contribution in [2.24, 2.45) is 0 Å². The van der Waals surface area contributed by atoms with Crippen molar-refractivity contribution in [3.63, 3.8) is 0 Å². The van der Waals surface area contributed by atoms with Crippen molar-refractivity contribution in [3.8, 4) is 0 Å². The van der Waals surface area contributed by atoms with Gasteiger partial charge in [0.2, 0.25) is 0 Å². The summed E-state index contributed by atoms with van der Waals surface area (Å²) in [6, 6.07) is 2.02. The number of aryl methyl sites for hydroxylation is 1. The molecule has 94 valence electrons. The quantitative estimate of drug-likeness (QED) is 0.825. The summed E-state index contributed by atoms with van der Waals surface area (Å²) >= 11 is 1.88. The van der Waals surface area contributed by atoms with Crippen LogP contribution in [0.1, 0.15) is 17.2 Å². The molecule has 4 nitrogen and oxygen atoms in total. The Balaban J connectivity index is 2.26. The third-order valence-electron chi connectivity index (χ3n) is 3.34. The Morgan fingerprint density at radius 3 is 3.06 bits per heavy atom. The molecule has 0 spiro atoms. The van der Waals surface area contributed by atoms with Gasteiger partial charge in [-0.15, -0.1) is 0 Å². The van der Waals surface area contributed by atoms with Gasteiger partial charge in [-0.1, -0.05) is 0 Å². The van der Waals surface area contributed by atoms with E-state index >= 15 is 0 Å². The average molecular weight is 253 g/mol. The molecule has 0 saturated carbocycles. The summed E-state index contributed by atoms with van der Waals surface area (Å²) in [6.45, 7) is 2.97. The van der Waals surface area contributed by atoms with Crippen LogP contribution < -0.4 is 5.73 Å². The normalized spacial score (nSPS) is 23.6. The fraction of sp³-hybridized carbons (Fsp3) is 0.583. The van der Waals surface area contributed by atoms with Crippen molar-refractivity contribution in [3.05, 3.63) is 23.4 Å². The Morgan fingerprint density at radius 2 is 2.41 bits per heavy atom. The van der Waals surface area contributed by atoms with Gasteiger partial charge in [0.15, 0.2) is 0 Å². The molecule has 1 aromatic rings. The van der Waals surface area contributed by atoms with Crippen LogP contribution in [0.2, 0.25) is 0 Å². The maximum absolute atomic E-state index is 10.5. The van der Waals surface area contributed by atoms with Gasteiger partial charge < -0.3 is 10.8 Å². The summed E-state index contributed by atoms with van der Waals surface area (Å²) in [6.07, 6.45) is 1.13. The van der Waals surface area contributed by atoms with Gasteiger partial charge in [0.25, 0.3) is 0 Å². The zero-order valence-corrected chi connectivity index (χ0v) is 11.1. The molecule has 3 N–H and O–H groups in total. The highest BCUT2D eigenvalue weighted by Gasteiger charge is 2.29. The molecule has 17 heavy (non-hydrogen) atoms. The lowest BCUT2D eigenvalue weighted by molar-refractivity contribution is 0.0757. The van der Waals surface area contributed by atoms with Gasteiger partial charge in [-0.25, -0.2) is 4.98 Å². The van der Waals surface area contributed by atoms with Crippen LogP contribution in [0.4, 0.5) is 5.82 Å². The van der Waals surface area contributed by atoms with E-state index in [1.807, 2.05) is 24.8 Å². The Labute approximate surface area is 106 Å². The fourth-order valence-corrected chi connectivity index (χ4v) is 3.47. The van der Waals surface area contributed by atoms with Gasteiger partial charge in [-0.05, 0) is 25.6 Å². The lowest BCUT2D eigenvalue weighted by Gasteiger charge is -2.36. The Bertz CT molecular complexity index is 379. The molecule has 1 aliphatic heterocycles. The summed E-state index contributed by atoms with van der Waals surface area (Å²) in [5, 5.41) is 10.5. The van der Waals surface area contributed by atoms with Crippen molar-refractivity contribution in [1.29, 1.82) is 0 Å². The average Bonchev–Trinajstić information content (AvgIpc) is 2.29. The number of aromatic nitrogens is 1. The number of aliphatic hydroxyl groups is 1. The molecule has 1 fully saturated rings. The molecule has 1 aliphatic rings. The number of pyridine rings is 1. The van der Waals surface area contributed by atoms with E-state index in [1.165, 1.54) is 0 Å². The maximum atomic E-state index is 10.5. The Morgan fingerprint density at radius 1 is 1.65 bits per heavy atom. The second kappa shape index (κ2) is 5.25. The first kappa shape index (κ1) is 12.7. The molecular formula is C12H19N3OS. The molecule has 1 saturated heterocycles. The van der Waals surface area contributed by atoms with Crippen LogP contribution in [0.3, 0.4) is 0 Å². The SMILES string of the molecule is Cc1ccnc(N)c1C(O)C1CSCCN1C. The fourth-order valence-electron chi connectivity index (χ4n) is 2.21. The number of rotatable bonds is 2. The molecule has 0 aromatic carbocycles. The molecule has 5 heteroatoms. The minimum absolute atomic E-state index is 0.124. The number of aliphatic hydroxyl groups excluding tert-OH is 1. The van der Waals surface area contributed by atoms with Gasteiger partial charge in [-0.3, -0.25) is 4.90 Å². The summed E-state index contributed by atoms with van der Waals surface area (Å²) < 4.78 is 0. The minimum atomic E-state index is -0.554. The first-order valence-corrected chi connectivity index (χ1v) is 6.93. The molecule has 2 rings (SSSR count). The van der Waals surface area contributed by atoms with Gasteiger partial charge in [-0.2, -0.15) is 11.8 Å². The number of nitrogens with zero attached hydrogens (tertiary/aromatic N) is 2. The van der Waals surface area contributed by atoms with Crippen molar-refractivity contribution in [2.45, 2.75) is 19.1 Å². The van der Waals surface area contributed by atoms with E-state index in [0.717, 1.165) is 29.2 Å². The van der Waals surface area contributed by atoms with Crippen molar-refractivity contribution in [1.82, 2.24) is 9.88 Å². The number of thioether (sulfide) groups is 1. The number of nitrogen functional groups attached to an aromatic ring is 1. The molecule has 0 bridgehead atoms. The highest BCUT2D eigenvalue weighted by molar-refractivity contribution is 7.99. The van der Waals surface area contributed by atoms with E-state index in [2.05, 4.69) is 16.9 Å². The number of likely N-dealkylation sites (N-methyl/N-ethyl adjacent to an activating group) is 1. The summed E-state index contributed by atoms with van der Waals surface area (Å²) in [7, 11) is 2.05. The number of hydrogen-bond acceptors (Lipinski definition) is 5. The highest BCUT2D eigenvalue weighted by Crippen LogP contribution is 2.30. The van der Waals surface area contributed by atoms with E-state index in [-0.39, 0.29) is 6.04 Å². The number of nitrogens with two attached hydrogens (primary N) is 1. The van der Waals surface area contributed by atoms with E-state index in [4.69, 9.17) is 5.73 Å². The van der Waals surface area contributed by atoms with E-state index < -0.39 is 6.10 Å². The van der Waals surface area contributed by atoms with E-state index in [0.29, 0.717) is 5.82 Å². The lowest BCUT2D eigenvalue weighted by atomic mass is 9.99. The minimum Gasteiger partial charge on any atom is -0.387 e.